The lowest BCUT2D eigenvalue weighted by atomic mass is 9.81. The Morgan fingerprint density at radius 1 is 0.939 bits per heavy atom. The van der Waals surface area contributed by atoms with Crippen molar-refractivity contribution in [3.05, 3.63) is 71.3 Å². The van der Waals surface area contributed by atoms with E-state index in [9.17, 15) is 22.8 Å². The molecule has 4 rings (SSSR count). The number of morpholine rings is 1. The van der Waals surface area contributed by atoms with Gasteiger partial charge in [0.15, 0.2) is 5.78 Å². The van der Waals surface area contributed by atoms with E-state index in [1.807, 2.05) is 6.07 Å². The second-order valence-corrected chi connectivity index (χ2v) is 8.70. The summed E-state index contributed by atoms with van der Waals surface area (Å²) in [4.78, 5) is 29.4. The first kappa shape index (κ1) is 23.3. The number of hydrogen-bond acceptors (Lipinski definition) is 3. The quantitative estimate of drug-likeness (QED) is 0.614. The SMILES string of the molecule is O=C(CC1CC(c2cccc(C(F)(F)F)c2)CN(C(=O)N2CCOCC2)C1)c1ccccc1. The van der Waals surface area contributed by atoms with E-state index in [1.165, 1.54) is 12.1 Å². The fourth-order valence-corrected chi connectivity index (χ4v) is 4.68. The zero-order chi connectivity index (χ0) is 23.4. The number of alkyl halides is 3. The van der Waals surface area contributed by atoms with Crippen molar-refractivity contribution in [2.24, 2.45) is 5.92 Å². The van der Waals surface area contributed by atoms with Crippen LogP contribution in [0, 0.1) is 5.92 Å². The van der Waals surface area contributed by atoms with Crippen LogP contribution >= 0.6 is 0 Å². The zero-order valence-corrected chi connectivity index (χ0v) is 18.3. The molecule has 0 aliphatic carbocycles. The molecule has 2 unspecified atom stereocenters. The van der Waals surface area contributed by atoms with Crippen LogP contribution in [0.25, 0.3) is 0 Å². The lowest BCUT2D eigenvalue weighted by Crippen LogP contribution is -2.52. The summed E-state index contributed by atoms with van der Waals surface area (Å²) in [6.07, 6.45) is -3.64. The first-order valence-electron chi connectivity index (χ1n) is 11.2. The van der Waals surface area contributed by atoms with Crippen molar-refractivity contribution in [2.75, 3.05) is 39.4 Å². The van der Waals surface area contributed by atoms with Gasteiger partial charge in [-0.25, -0.2) is 4.79 Å². The highest BCUT2D eigenvalue weighted by atomic mass is 19.4. The maximum Gasteiger partial charge on any atom is 0.416 e. The summed E-state index contributed by atoms with van der Waals surface area (Å²) in [5.74, 6) is -0.445. The van der Waals surface area contributed by atoms with E-state index in [4.69, 9.17) is 4.74 Å². The van der Waals surface area contributed by atoms with E-state index in [0.717, 1.165) is 6.07 Å². The predicted molar refractivity (Wildman–Crippen MR) is 117 cm³/mol. The summed E-state index contributed by atoms with van der Waals surface area (Å²) >= 11 is 0. The van der Waals surface area contributed by atoms with E-state index in [-0.39, 0.29) is 30.1 Å². The van der Waals surface area contributed by atoms with Gasteiger partial charge in [0, 0.05) is 44.1 Å². The number of piperidine rings is 1. The molecule has 0 aromatic heterocycles. The Morgan fingerprint density at radius 2 is 1.67 bits per heavy atom. The van der Waals surface area contributed by atoms with Gasteiger partial charge in [-0.1, -0.05) is 48.5 Å². The number of nitrogens with zero attached hydrogens (tertiary/aromatic N) is 2. The Labute approximate surface area is 191 Å². The van der Waals surface area contributed by atoms with Gasteiger partial charge in [-0.05, 0) is 24.0 Å². The third-order valence-electron chi connectivity index (χ3n) is 6.34. The van der Waals surface area contributed by atoms with Gasteiger partial charge in [0.2, 0.25) is 0 Å². The Morgan fingerprint density at radius 3 is 2.36 bits per heavy atom. The van der Waals surface area contributed by atoms with Gasteiger partial charge in [-0.15, -0.1) is 0 Å². The lowest BCUT2D eigenvalue weighted by molar-refractivity contribution is -0.137. The van der Waals surface area contributed by atoms with Crippen LogP contribution in [0.1, 0.15) is 40.2 Å². The number of rotatable bonds is 4. The molecule has 2 aliphatic rings. The van der Waals surface area contributed by atoms with E-state index in [1.54, 1.807) is 40.1 Å². The number of amides is 2. The zero-order valence-electron chi connectivity index (χ0n) is 18.3. The fraction of sp³-hybridized carbons (Fsp3) is 0.440. The van der Waals surface area contributed by atoms with E-state index in [0.29, 0.717) is 56.9 Å². The third-order valence-corrected chi connectivity index (χ3v) is 6.34. The van der Waals surface area contributed by atoms with Gasteiger partial charge in [0.25, 0.3) is 0 Å². The molecule has 2 aliphatic heterocycles. The fourth-order valence-electron chi connectivity index (χ4n) is 4.68. The van der Waals surface area contributed by atoms with Crippen LogP contribution in [0.15, 0.2) is 54.6 Å². The number of halogens is 3. The highest BCUT2D eigenvalue weighted by Gasteiger charge is 2.36. The highest BCUT2D eigenvalue weighted by molar-refractivity contribution is 5.96. The molecule has 2 fully saturated rings. The standard InChI is InChI=1S/C25H27F3N2O3/c26-25(27,28)22-8-4-7-20(15-22)21-13-18(14-23(31)19-5-2-1-3-6-19)16-30(17-21)24(32)29-9-11-33-12-10-29/h1-8,15,18,21H,9-14,16-17H2. The Balaban J connectivity index is 1.56. The molecule has 2 aromatic rings. The van der Waals surface area contributed by atoms with Crippen molar-refractivity contribution in [1.29, 1.82) is 0 Å². The molecule has 0 saturated carbocycles. The van der Waals surface area contributed by atoms with Crippen molar-refractivity contribution < 1.29 is 27.5 Å². The normalized spacial score (nSPS) is 21.7. The van der Waals surface area contributed by atoms with Crippen molar-refractivity contribution in [1.82, 2.24) is 9.80 Å². The summed E-state index contributed by atoms with van der Waals surface area (Å²) in [6.45, 7) is 2.63. The molecular formula is C25H27F3N2O3. The summed E-state index contributed by atoms with van der Waals surface area (Å²) in [6, 6.07) is 14.1. The van der Waals surface area contributed by atoms with E-state index >= 15 is 0 Å². The van der Waals surface area contributed by atoms with Gasteiger partial charge in [-0.3, -0.25) is 4.79 Å². The number of Topliss-reactive ketones (excluding diaryl/α,β-unsaturated/α-hetero) is 1. The molecule has 0 N–H and O–H groups in total. The number of likely N-dealkylation sites (tertiary alicyclic amines) is 1. The van der Waals surface area contributed by atoms with E-state index in [2.05, 4.69) is 0 Å². The maximum absolute atomic E-state index is 13.3. The molecule has 0 spiro atoms. The van der Waals surface area contributed by atoms with Crippen LogP contribution in [0.4, 0.5) is 18.0 Å². The summed E-state index contributed by atoms with van der Waals surface area (Å²) in [7, 11) is 0. The number of ketones is 1. The molecule has 2 saturated heterocycles. The topological polar surface area (TPSA) is 49.9 Å². The Hall–Kier alpha value is -2.87. The predicted octanol–water partition coefficient (Wildman–Crippen LogP) is 4.84. The molecule has 33 heavy (non-hydrogen) atoms. The van der Waals surface area contributed by atoms with Crippen molar-refractivity contribution in [3.63, 3.8) is 0 Å². The minimum atomic E-state index is -4.43. The van der Waals surface area contributed by atoms with Crippen LogP contribution in [0.5, 0.6) is 0 Å². The van der Waals surface area contributed by atoms with Gasteiger partial charge in [0.05, 0.1) is 18.8 Å². The molecular weight excluding hydrogens is 433 g/mol. The second kappa shape index (κ2) is 9.95. The number of urea groups is 1. The molecule has 5 nitrogen and oxygen atoms in total. The van der Waals surface area contributed by atoms with Gasteiger partial charge in [0.1, 0.15) is 0 Å². The van der Waals surface area contributed by atoms with Crippen molar-refractivity contribution >= 4 is 11.8 Å². The van der Waals surface area contributed by atoms with Gasteiger partial charge >= 0.3 is 12.2 Å². The van der Waals surface area contributed by atoms with E-state index < -0.39 is 11.7 Å². The minimum absolute atomic E-state index is 0.0240. The highest BCUT2D eigenvalue weighted by Crippen LogP contribution is 2.36. The molecule has 2 amide bonds. The maximum atomic E-state index is 13.3. The Kier molecular flexibility index (Phi) is 7.02. The molecule has 176 valence electrons. The lowest BCUT2D eigenvalue weighted by Gasteiger charge is -2.41. The number of ether oxygens (including phenoxy) is 1. The third kappa shape index (κ3) is 5.74. The largest absolute Gasteiger partial charge is 0.416 e. The Bertz CT molecular complexity index is 974. The number of benzene rings is 2. The average Bonchev–Trinajstić information content (AvgIpc) is 2.84. The minimum Gasteiger partial charge on any atom is -0.378 e. The van der Waals surface area contributed by atoms with Crippen molar-refractivity contribution in [3.8, 4) is 0 Å². The van der Waals surface area contributed by atoms with Gasteiger partial charge in [-0.2, -0.15) is 13.2 Å². The molecule has 0 bridgehead atoms. The molecule has 0 radical (unpaired) electrons. The number of hydrogen-bond donors (Lipinski definition) is 0. The smallest absolute Gasteiger partial charge is 0.378 e. The van der Waals surface area contributed by atoms with Crippen LogP contribution in [0.2, 0.25) is 0 Å². The van der Waals surface area contributed by atoms with Crippen LogP contribution in [-0.2, 0) is 10.9 Å². The summed E-state index contributed by atoms with van der Waals surface area (Å²) < 4.78 is 45.2. The van der Waals surface area contributed by atoms with Crippen LogP contribution in [-0.4, -0.2) is 61.0 Å². The first-order chi connectivity index (χ1) is 15.8. The molecule has 2 atom stereocenters. The molecule has 2 heterocycles. The van der Waals surface area contributed by atoms with Crippen molar-refractivity contribution in [2.45, 2.75) is 24.9 Å². The summed E-state index contributed by atoms with van der Waals surface area (Å²) in [5.41, 5.74) is 0.444. The monoisotopic (exact) mass is 460 g/mol. The average molecular weight is 460 g/mol. The second-order valence-electron chi connectivity index (χ2n) is 8.70. The summed E-state index contributed by atoms with van der Waals surface area (Å²) in [5, 5.41) is 0. The van der Waals surface area contributed by atoms with Crippen LogP contribution < -0.4 is 0 Å². The van der Waals surface area contributed by atoms with Gasteiger partial charge < -0.3 is 14.5 Å². The van der Waals surface area contributed by atoms with Crippen LogP contribution in [0.3, 0.4) is 0 Å². The number of carbonyl (C=O) groups is 2. The molecule has 8 heteroatoms. The first-order valence-corrected chi connectivity index (χ1v) is 11.2. The number of carbonyl (C=O) groups excluding carboxylic acids is 2. The molecule has 2 aromatic carbocycles.